The Morgan fingerprint density at radius 1 is 0.741 bits per heavy atom. The van der Waals surface area contributed by atoms with Gasteiger partial charge in [-0.05, 0) is 61.2 Å². The minimum atomic E-state index is 0.628. The smallest absolute Gasteiger partial charge is 0.122 e. The summed E-state index contributed by atoms with van der Waals surface area (Å²) < 4.78 is 11.6. The monoisotopic (exact) mass is 361 g/mol. The average molecular weight is 361 g/mol. The van der Waals surface area contributed by atoms with Gasteiger partial charge in [-0.2, -0.15) is 0 Å². The van der Waals surface area contributed by atoms with E-state index in [1.54, 1.807) is 0 Å². The van der Waals surface area contributed by atoms with E-state index in [1.165, 1.54) is 5.56 Å². The first-order valence-electron chi connectivity index (χ1n) is 9.50. The largest absolute Gasteiger partial charge is 0.494 e. The van der Waals surface area contributed by atoms with E-state index < -0.39 is 0 Å². The van der Waals surface area contributed by atoms with Crippen LogP contribution >= 0.6 is 0 Å². The Morgan fingerprint density at radius 3 is 2.26 bits per heavy atom. The molecular formula is C24H27NO2. The van der Waals surface area contributed by atoms with E-state index in [0.29, 0.717) is 6.61 Å². The molecule has 0 radical (unpaired) electrons. The van der Waals surface area contributed by atoms with Crippen LogP contribution in [0.2, 0.25) is 0 Å². The Bertz CT molecular complexity index is 800. The van der Waals surface area contributed by atoms with Gasteiger partial charge in [0.2, 0.25) is 0 Å². The Morgan fingerprint density at radius 2 is 1.48 bits per heavy atom. The van der Waals surface area contributed by atoms with Gasteiger partial charge in [-0.25, -0.2) is 0 Å². The predicted molar refractivity (Wildman–Crippen MR) is 112 cm³/mol. The molecule has 0 saturated heterocycles. The highest BCUT2D eigenvalue weighted by Gasteiger charge is 1.99. The summed E-state index contributed by atoms with van der Waals surface area (Å²) in [5.41, 5.74) is 3.58. The highest BCUT2D eigenvalue weighted by atomic mass is 16.5. The molecule has 0 aliphatic heterocycles. The van der Waals surface area contributed by atoms with Gasteiger partial charge in [0, 0.05) is 12.2 Å². The molecule has 0 atom stereocenters. The van der Waals surface area contributed by atoms with Crippen LogP contribution in [-0.2, 0) is 6.42 Å². The van der Waals surface area contributed by atoms with Crippen molar-refractivity contribution < 1.29 is 9.47 Å². The number of hydrogen-bond acceptors (Lipinski definition) is 3. The molecule has 3 heteroatoms. The maximum atomic E-state index is 5.83. The van der Waals surface area contributed by atoms with Gasteiger partial charge >= 0.3 is 0 Å². The minimum absolute atomic E-state index is 0.628. The van der Waals surface area contributed by atoms with Crippen LogP contribution in [0.3, 0.4) is 0 Å². The second kappa shape index (κ2) is 10.3. The maximum absolute atomic E-state index is 5.83. The molecule has 0 aliphatic carbocycles. The fourth-order valence-corrected chi connectivity index (χ4v) is 2.85. The molecule has 0 aromatic heterocycles. The molecule has 3 aromatic carbocycles. The van der Waals surface area contributed by atoms with Crippen LogP contribution in [0.1, 0.15) is 17.5 Å². The molecule has 0 amide bonds. The SMILES string of the molecule is Cc1ccccc1OCCNc1ccc(OCCCc2ccccc2)cc1. The summed E-state index contributed by atoms with van der Waals surface area (Å²) in [6.07, 6.45) is 2.06. The second-order valence-electron chi connectivity index (χ2n) is 6.50. The fourth-order valence-electron chi connectivity index (χ4n) is 2.85. The van der Waals surface area contributed by atoms with E-state index in [9.17, 15) is 0 Å². The highest BCUT2D eigenvalue weighted by molar-refractivity contribution is 5.46. The van der Waals surface area contributed by atoms with Gasteiger partial charge in [-0.3, -0.25) is 0 Å². The van der Waals surface area contributed by atoms with Gasteiger partial charge in [-0.1, -0.05) is 48.5 Å². The first kappa shape index (κ1) is 18.8. The first-order valence-corrected chi connectivity index (χ1v) is 9.50. The normalized spacial score (nSPS) is 10.4. The lowest BCUT2D eigenvalue weighted by Gasteiger charge is -2.11. The summed E-state index contributed by atoms with van der Waals surface area (Å²) in [6, 6.07) is 26.7. The Balaban J connectivity index is 1.33. The first-order chi connectivity index (χ1) is 13.3. The van der Waals surface area contributed by atoms with E-state index in [1.807, 2.05) is 48.5 Å². The van der Waals surface area contributed by atoms with Gasteiger partial charge in [0.15, 0.2) is 0 Å². The Labute approximate surface area is 162 Å². The van der Waals surface area contributed by atoms with Crippen LogP contribution in [-0.4, -0.2) is 19.8 Å². The van der Waals surface area contributed by atoms with Crippen LogP contribution in [0.25, 0.3) is 0 Å². The molecule has 140 valence electrons. The minimum Gasteiger partial charge on any atom is -0.494 e. The van der Waals surface area contributed by atoms with Crippen molar-refractivity contribution >= 4 is 5.69 Å². The Kier molecular flexibility index (Phi) is 7.16. The number of aryl methyl sites for hydroxylation is 2. The lowest BCUT2D eigenvalue weighted by molar-refractivity contribution is 0.311. The molecule has 0 aliphatic rings. The van der Waals surface area contributed by atoms with E-state index in [-0.39, 0.29) is 0 Å². The second-order valence-corrected chi connectivity index (χ2v) is 6.50. The fraction of sp³-hybridized carbons (Fsp3) is 0.250. The zero-order valence-corrected chi connectivity index (χ0v) is 15.9. The van der Waals surface area contributed by atoms with Gasteiger partial charge < -0.3 is 14.8 Å². The van der Waals surface area contributed by atoms with Crippen LogP contribution in [0.5, 0.6) is 11.5 Å². The molecule has 3 aromatic rings. The summed E-state index contributed by atoms with van der Waals surface area (Å²) in [7, 11) is 0. The third-order valence-corrected chi connectivity index (χ3v) is 4.36. The van der Waals surface area contributed by atoms with Crippen LogP contribution < -0.4 is 14.8 Å². The number of anilines is 1. The quantitative estimate of drug-likeness (QED) is 0.484. The van der Waals surface area contributed by atoms with Crippen molar-refractivity contribution in [1.29, 1.82) is 0 Å². The molecule has 1 N–H and O–H groups in total. The predicted octanol–water partition coefficient (Wildman–Crippen LogP) is 5.50. The molecule has 3 rings (SSSR count). The summed E-state index contributed by atoms with van der Waals surface area (Å²) >= 11 is 0. The molecule has 0 bridgehead atoms. The van der Waals surface area contributed by atoms with E-state index in [2.05, 4.69) is 42.6 Å². The zero-order valence-electron chi connectivity index (χ0n) is 15.9. The van der Waals surface area contributed by atoms with Crippen molar-refractivity contribution in [1.82, 2.24) is 0 Å². The number of ether oxygens (including phenoxy) is 2. The topological polar surface area (TPSA) is 30.5 Å². The lowest BCUT2D eigenvalue weighted by Crippen LogP contribution is -2.11. The van der Waals surface area contributed by atoms with Crippen molar-refractivity contribution in [3.63, 3.8) is 0 Å². The van der Waals surface area contributed by atoms with Crippen LogP contribution in [0.15, 0.2) is 78.9 Å². The van der Waals surface area contributed by atoms with Crippen LogP contribution in [0.4, 0.5) is 5.69 Å². The third-order valence-electron chi connectivity index (χ3n) is 4.36. The van der Waals surface area contributed by atoms with Crippen molar-refractivity contribution in [2.24, 2.45) is 0 Å². The maximum Gasteiger partial charge on any atom is 0.122 e. The van der Waals surface area contributed by atoms with Crippen molar-refractivity contribution in [3.8, 4) is 11.5 Å². The van der Waals surface area contributed by atoms with Crippen molar-refractivity contribution in [3.05, 3.63) is 90.0 Å². The zero-order chi connectivity index (χ0) is 18.7. The average Bonchev–Trinajstić information content (AvgIpc) is 2.71. The molecular weight excluding hydrogens is 334 g/mol. The molecule has 0 heterocycles. The van der Waals surface area contributed by atoms with Gasteiger partial charge in [-0.15, -0.1) is 0 Å². The molecule has 0 saturated carbocycles. The van der Waals surface area contributed by atoms with Crippen molar-refractivity contribution in [2.75, 3.05) is 25.1 Å². The number of nitrogens with one attached hydrogen (secondary N) is 1. The Hall–Kier alpha value is -2.94. The number of benzene rings is 3. The summed E-state index contributed by atoms with van der Waals surface area (Å²) in [4.78, 5) is 0. The molecule has 0 spiro atoms. The van der Waals surface area contributed by atoms with Gasteiger partial charge in [0.25, 0.3) is 0 Å². The standard InChI is InChI=1S/C24H27NO2/c1-20-8-5-6-12-24(20)27-19-17-25-22-13-15-23(16-14-22)26-18-7-11-21-9-3-2-4-10-21/h2-6,8-10,12-16,25H,7,11,17-19H2,1H3. The van der Waals surface area contributed by atoms with Crippen molar-refractivity contribution in [2.45, 2.75) is 19.8 Å². The molecule has 0 unspecified atom stereocenters. The molecule has 3 nitrogen and oxygen atoms in total. The van der Waals surface area contributed by atoms with Gasteiger partial charge in [0.1, 0.15) is 18.1 Å². The number of para-hydroxylation sites is 1. The summed E-state index contributed by atoms with van der Waals surface area (Å²) in [5.74, 6) is 1.85. The van der Waals surface area contributed by atoms with E-state index in [0.717, 1.165) is 48.7 Å². The number of hydrogen-bond donors (Lipinski definition) is 1. The highest BCUT2D eigenvalue weighted by Crippen LogP contribution is 2.17. The van der Waals surface area contributed by atoms with E-state index >= 15 is 0 Å². The van der Waals surface area contributed by atoms with Gasteiger partial charge in [0.05, 0.1) is 6.61 Å². The summed E-state index contributed by atoms with van der Waals surface area (Å²) in [6.45, 7) is 4.17. The summed E-state index contributed by atoms with van der Waals surface area (Å²) in [5, 5.41) is 3.37. The van der Waals surface area contributed by atoms with E-state index in [4.69, 9.17) is 9.47 Å². The third kappa shape index (κ3) is 6.37. The molecule has 0 fully saturated rings. The van der Waals surface area contributed by atoms with Crippen LogP contribution in [0, 0.1) is 6.92 Å². The lowest BCUT2D eigenvalue weighted by atomic mass is 10.1. The number of rotatable bonds is 10. The molecule has 27 heavy (non-hydrogen) atoms.